The number of ether oxygens (including phenoxy) is 1. The Morgan fingerprint density at radius 1 is 1.30 bits per heavy atom. The number of hydrogen-bond acceptors (Lipinski definition) is 5. The zero-order valence-corrected chi connectivity index (χ0v) is 13.3. The van der Waals surface area contributed by atoms with Crippen LogP contribution < -0.4 is 5.32 Å². The van der Waals surface area contributed by atoms with Gasteiger partial charge in [-0.3, -0.25) is 9.59 Å². The van der Waals surface area contributed by atoms with Gasteiger partial charge in [0.2, 0.25) is 0 Å². The Balaban J connectivity index is 2.40. The minimum absolute atomic E-state index is 0.0634. The molecule has 0 bridgehead atoms. The summed E-state index contributed by atoms with van der Waals surface area (Å²) in [7, 11) is 0. The first-order valence-corrected chi connectivity index (χ1v) is 7.68. The third kappa shape index (κ3) is 5.71. The van der Waals surface area contributed by atoms with Gasteiger partial charge in [0.1, 0.15) is 11.6 Å². The number of rotatable bonds is 5. The molecule has 0 radical (unpaired) electrons. The molecule has 0 aromatic carbocycles. The van der Waals surface area contributed by atoms with Crippen LogP contribution in [0.1, 0.15) is 46.5 Å². The Labute approximate surface area is 125 Å². The lowest BCUT2D eigenvalue weighted by molar-refractivity contribution is -0.161. The number of esters is 1. The SMILES string of the molecule is CC(C)(C)OC(=O)C1CCC(NC(CS)C(=O)O)CC1. The number of carboxylic acids is 1. The minimum atomic E-state index is -0.880. The molecule has 5 nitrogen and oxygen atoms in total. The van der Waals surface area contributed by atoms with Crippen LogP contribution in [0.25, 0.3) is 0 Å². The average Bonchev–Trinajstić information content (AvgIpc) is 2.34. The summed E-state index contributed by atoms with van der Waals surface area (Å²) in [6, 6.07) is -0.483. The summed E-state index contributed by atoms with van der Waals surface area (Å²) >= 11 is 4.03. The highest BCUT2D eigenvalue weighted by Crippen LogP contribution is 2.27. The van der Waals surface area contributed by atoms with Crippen molar-refractivity contribution >= 4 is 24.6 Å². The summed E-state index contributed by atoms with van der Waals surface area (Å²) in [6.07, 6.45) is 3.07. The zero-order chi connectivity index (χ0) is 15.3. The first kappa shape index (κ1) is 17.3. The summed E-state index contributed by atoms with van der Waals surface area (Å²) in [5.74, 6) is -0.817. The van der Waals surface area contributed by atoms with Crippen molar-refractivity contribution in [1.82, 2.24) is 5.32 Å². The van der Waals surface area contributed by atoms with Crippen LogP contribution in [0, 0.1) is 5.92 Å². The molecule has 0 amide bonds. The molecule has 0 aromatic rings. The highest BCUT2D eigenvalue weighted by atomic mass is 32.1. The fourth-order valence-electron chi connectivity index (χ4n) is 2.37. The van der Waals surface area contributed by atoms with E-state index in [4.69, 9.17) is 9.84 Å². The first-order valence-electron chi connectivity index (χ1n) is 7.05. The molecular formula is C14H25NO4S. The molecule has 0 saturated heterocycles. The van der Waals surface area contributed by atoms with Crippen LogP contribution in [-0.4, -0.2) is 40.5 Å². The average molecular weight is 303 g/mol. The Bertz CT molecular complexity index is 346. The predicted molar refractivity (Wildman–Crippen MR) is 80.0 cm³/mol. The van der Waals surface area contributed by atoms with E-state index in [2.05, 4.69) is 17.9 Å². The molecule has 0 aliphatic heterocycles. The summed E-state index contributed by atoms with van der Waals surface area (Å²) < 4.78 is 5.39. The maximum Gasteiger partial charge on any atom is 0.321 e. The first-order chi connectivity index (χ1) is 9.23. The second kappa shape index (κ2) is 7.31. The van der Waals surface area contributed by atoms with Crippen LogP contribution >= 0.6 is 12.6 Å². The highest BCUT2D eigenvalue weighted by Gasteiger charge is 2.31. The van der Waals surface area contributed by atoms with Crippen LogP contribution in [0.15, 0.2) is 0 Å². The monoisotopic (exact) mass is 303 g/mol. The fraction of sp³-hybridized carbons (Fsp3) is 0.857. The van der Waals surface area contributed by atoms with Crippen molar-refractivity contribution in [2.24, 2.45) is 5.92 Å². The van der Waals surface area contributed by atoms with E-state index in [0.29, 0.717) is 0 Å². The summed E-state index contributed by atoms with van der Waals surface area (Å²) in [6.45, 7) is 5.59. The number of aliphatic carboxylic acids is 1. The highest BCUT2D eigenvalue weighted by molar-refractivity contribution is 7.80. The minimum Gasteiger partial charge on any atom is -0.480 e. The molecular weight excluding hydrogens is 278 g/mol. The topological polar surface area (TPSA) is 75.6 Å². The van der Waals surface area contributed by atoms with Gasteiger partial charge >= 0.3 is 11.9 Å². The number of nitrogens with one attached hydrogen (secondary N) is 1. The molecule has 1 fully saturated rings. The van der Waals surface area contributed by atoms with Crippen molar-refractivity contribution < 1.29 is 19.4 Å². The number of hydrogen-bond donors (Lipinski definition) is 3. The second-order valence-corrected chi connectivity index (χ2v) is 6.69. The quantitative estimate of drug-likeness (QED) is 0.534. The Kier molecular flexibility index (Phi) is 6.33. The van der Waals surface area contributed by atoms with Gasteiger partial charge in [0.25, 0.3) is 0 Å². The molecule has 20 heavy (non-hydrogen) atoms. The third-order valence-electron chi connectivity index (χ3n) is 3.38. The maximum atomic E-state index is 12.0. The Morgan fingerprint density at radius 3 is 2.25 bits per heavy atom. The van der Waals surface area contributed by atoms with Gasteiger partial charge in [-0.1, -0.05) is 0 Å². The van der Waals surface area contributed by atoms with Gasteiger partial charge in [-0.05, 0) is 46.5 Å². The molecule has 1 aliphatic carbocycles. The van der Waals surface area contributed by atoms with Crippen molar-refractivity contribution in [1.29, 1.82) is 0 Å². The standard InChI is InChI=1S/C14H25NO4S/c1-14(2,3)19-13(18)9-4-6-10(7-5-9)15-11(8-20)12(16)17/h9-11,15,20H,4-8H2,1-3H3,(H,16,17). The van der Waals surface area contributed by atoms with Gasteiger partial charge in [0, 0.05) is 11.8 Å². The summed E-state index contributed by atoms with van der Waals surface area (Å²) in [4.78, 5) is 22.9. The molecule has 116 valence electrons. The van der Waals surface area contributed by atoms with Crippen LogP contribution in [0.4, 0.5) is 0 Å². The molecule has 1 unspecified atom stereocenters. The third-order valence-corrected chi connectivity index (χ3v) is 3.75. The lowest BCUT2D eigenvalue weighted by Gasteiger charge is -2.31. The van der Waals surface area contributed by atoms with Crippen molar-refractivity contribution in [3.8, 4) is 0 Å². The van der Waals surface area contributed by atoms with E-state index in [1.165, 1.54) is 0 Å². The molecule has 0 heterocycles. The number of carbonyl (C=O) groups excluding carboxylic acids is 1. The van der Waals surface area contributed by atoms with Gasteiger partial charge in [-0.2, -0.15) is 12.6 Å². The Hall–Kier alpha value is -0.750. The molecule has 2 N–H and O–H groups in total. The molecule has 1 rings (SSSR count). The van der Waals surface area contributed by atoms with Gasteiger partial charge in [-0.25, -0.2) is 0 Å². The van der Waals surface area contributed by atoms with Crippen molar-refractivity contribution in [3.05, 3.63) is 0 Å². The van der Waals surface area contributed by atoms with Gasteiger partial charge in [0.05, 0.1) is 5.92 Å². The van der Waals surface area contributed by atoms with Crippen LogP contribution in [-0.2, 0) is 14.3 Å². The smallest absolute Gasteiger partial charge is 0.321 e. The Morgan fingerprint density at radius 2 is 1.85 bits per heavy atom. The van der Waals surface area contributed by atoms with E-state index in [0.717, 1.165) is 25.7 Å². The number of thiol groups is 1. The zero-order valence-electron chi connectivity index (χ0n) is 12.4. The van der Waals surface area contributed by atoms with E-state index in [9.17, 15) is 9.59 Å². The van der Waals surface area contributed by atoms with Gasteiger partial charge < -0.3 is 15.2 Å². The van der Waals surface area contributed by atoms with Crippen molar-refractivity contribution in [3.63, 3.8) is 0 Å². The molecule has 1 saturated carbocycles. The second-order valence-electron chi connectivity index (χ2n) is 6.32. The number of carbonyl (C=O) groups is 2. The normalized spacial score (nSPS) is 25.0. The summed E-state index contributed by atoms with van der Waals surface area (Å²) in [5.41, 5.74) is -0.452. The molecule has 0 aromatic heterocycles. The predicted octanol–water partition coefficient (Wildman–Crippen LogP) is 1.86. The molecule has 1 aliphatic rings. The van der Waals surface area contributed by atoms with Crippen molar-refractivity contribution in [2.45, 2.75) is 64.1 Å². The fourth-order valence-corrected chi connectivity index (χ4v) is 2.63. The van der Waals surface area contributed by atoms with Crippen LogP contribution in [0.3, 0.4) is 0 Å². The van der Waals surface area contributed by atoms with Crippen LogP contribution in [0.2, 0.25) is 0 Å². The lowest BCUT2D eigenvalue weighted by Crippen LogP contribution is -2.46. The van der Waals surface area contributed by atoms with Gasteiger partial charge in [-0.15, -0.1) is 0 Å². The maximum absolute atomic E-state index is 12.0. The molecule has 6 heteroatoms. The van der Waals surface area contributed by atoms with Crippen molar-refractivity contribution in [2.75, 3.05) is 5.75 Å². The van der Waals surface area contributed by atoms with E-state index in [1.54, 1.807) is 0 Å². The largest absolute Gasteiger partial charge is 0.480 e. The molecule has 1 atom stereocenters. The summed E-state index contributed by atoms with van der Waals surface area (Å²) in [5, 5.41) is 12.1. The van der Waals surface area contributed by atoms with E-state index < -0.39 is 17.6 Å². The lowest BCUT2D eigenvalue weighted by atomic mass is 9.85. The van der Waals surface area contributed by atoms with Crippen LogP contribution in [0.5, 0.6) is 0 Å². The number of carboxylic acid groups (broad SMARTS) is 1. The van der Waals surface area contributed by atoms with E-state index >= 15 is 0 Å². The van der Waals surface area contributed by atoms with E-state index in [-0.39, 0.29) is 23.7 Å². The van der Waals surface area contributed by atoms with Gasteiger partial charge in [0.15, 0.2) is 0 Å². The molecule has 0 spiro atoms. The van der Waals surface area contributed by atoms with E-state index in [1.807, 2.05) is 20.8 Å².